The molecule has 8 nitrogen and oxygen atoms in total. The van der Waals surface area contributed by atoms with Crippen LogP contribution >= 0.6 is 0 Å². The number of hydrogen-bond donors (Lipinski definition) is 0. The third kappa shape index (κ3) is 10.4. The maximum Gasteiger partial charge on any atom is 0.460 e. The van der Waals surface area contributed by atoms with Crippen LogP contribution in [0.4, 0.5) is 79.0 Å². The molecule has 0 aliphatic rings. The molecule has 26 heteroatoms. The molecule has 0 amide bonds. The molecule has 0 aromatic heterocycles. The molecular formula is C30H36F18O8. The second-order valence-corrected chi connectivity index (χ2v) is 12.0. The van der Waals surface area contributed by atoms with E-state index < -0.39 is 160 Å². The van der Waals surface area contributed by atoms with Crippen LogP contribution in [0.3, 0.4) is 0 Å². The van der Waals surface area contributed by atoms with Crippen LogP contribution in [0.25, 0.3) is 0 Å². The molecular weight excluding hydrogens is 830 g/mol. The van der Waals surface area contributed by atoms with E-state index in [9.17, 15) is 98.2 Å². The Morgan fingerprint density at radius 1 is 0.339 bits per heavy atom. The second-order valence-electron chi connectivity index (χ2n) is 12.0. The fourth-order valence-electron chi connectivity index (χ4n) is 5.03. The molecule has 0 heterocycles. The topological polar surface area (TPSA) is 105 Å². The molecule has 0 saturated carbocycles. The van der Waals surface area contributed by atoms with Gasteiger partial charge in [-0.3, -0.25) is 19.2 Å². The van der Waals surface area contributed by atoms with E-state index in [0.717, 1.165) is 27.7 Å². The summed E-state index contributed by atoms with van der Waals surface area (Å²) in [5, 5.41) is 0. The summed E-state index contributed by atoms with van der Waals surface area (Å²) in [5.41, 5.74) is -6.60. The highest BCUT2D eigenvalue weighted by molar-refractivity contribution is 6.00. The van der Waals surface area contributed by atoms with Gasteiger partial charge in [0.25, 0.3) is 0 Å². The molecule has 0 atom stereocenters. The van der Waals surface area contributed by atoms with E-state index >= 15 is 0 Å². The molecule has 330 valence electrons. The SMILES string of the molecule is CCOC(=O)C(CCCCC(CCC(F)(F)C(F)(F)C(F)(F)C(F)(F)F)(C(=O)OCC)C(=O)OCC)(CCC(F)(F)C(F)(F)C(F)(F)C(F)(F)F)C(=O)OCC. The van der Waals surface area contributed by atoms with Gasteiger partial charge in [-0.15, -0.1) is 0 Å². The zero-order chi connectivity index (χ0) is 44.6. The number of ether oxygens (including phenoxy) is 4. The van der Waals surface area contributed by atoms with Crippen molar-refractivity contribution in [1.82, 2.24) is 0 Å². The van der Waals surface area contributed by atoms with E-state index in [-0.39, 0.29) is 0 Å². The van der Waals surface area contributed by atoms with Gasteiger partial charge in [0.1, 0.15) is 0 Å². The number of halogens is 18. The highest BCUT2D eigenvalue weighted by Gasteiger charge is 2.82. The van der Waals surface area contributed by atoms with Crippen molar-refractivity contribution < 1.29 is 117 Å². The first kappa shape index (κ1) is 52.6. The normalized spacial score (nSPS) is 14.3. The maximum atomic E-state index is 14.6. The zero-order valence-corrected chi connectivity index (χ0v) is 29.6. The lowest BCUT2D eigenvalue weighted by molar-refractivity contribution is -0.397. The van der Waals surface area contributed by atoms with Crippen LogP contribution < -0.4 is 0 Å². The van der Waals surface area contributed by atoms with Crippen molar-refractivity contribution in [3.05, 3.63) is 0 Å². The highest BCUT2D eigenvalue weighted by atomic mass is 19.4. The fourth-order valence-corrected chi connectivity index (χ4v) is 5.03. The maximum absolute atomic E-state index is 14.6. The third-order valence-corrected chi connectivity index (χ3v) is 8.27. The van der Waals surface area contributed by atoms with Gasteiger partial charge in [-0.1, -0.05) is 12.8 Å². The number of carbonyl (C=O) groups excluding carboxylic acids is 4. The van der Waals surface area contributed by atoms with Crippen molar-refractivity contribution >= 4 is 23.9 Å². The smallest absolute Gasteiger partial charge is 0.460 e. The lowest BCUT2D eigenvalue weighted by Crippen LogP contribution is -2.61. The monoisotopic (exact) mass is 866 g/mol. The van der Waals surface area contributed by atoms with E-state index in [2.05, 4.69) is 18.9 Å². The molecule has 0 saturated heterocycles. The first-order valence-electron chi connectivity index (χ1n) is 16.1. The minimum absolute atomic E-state index is 0.736. The molecule has 0 aliphatic heterocycles. The van der Waals surface area contributed by atoms with Crippen LogP contribution in [0.1, 0.15) is 79.1 Å². The Labute approximate surface area is 305 Å². The number of esters is 4. The van der Waals surface area contributed by atoms with Crippen LogP contribution in [0.2, 0.25) is 0 Å². The van der Waals surface area contributed by atoms with Gasteiger partial charge in [0.15, 0.2) is 10.8 Å². The highest BCUT2D eigenvalue weighted by Crippen LogP contribution is 2.57. The molecule has 0 aliphatic carbocycles. The molecule has 0 unspecified atom stereocenters. The van der Waals surface area contributed by atoms with Crippen LogP contribution in [-0.2, 0) is 38.1 Å². The lowest BCUT2D eigenvalue weighted by Gasteiger charge is -2.36. The van der Waals surface area contributed by atoms with Gasteiger partial charge >= 0.3 is 71.8 Å². The summed E-state index contributed by atoms with van der Waals surface area (Å²) >= 11 is 0. The molecule has 0 aromatic carbocycles. The van der Waals surface area contributed by atoms with Gasteiger partial charge < -0.3 is 18.9 Å². The molecule has 0 spiro atoms. The lowest BCUT2D eigenvalue weighted by atomic mass is 9.74. The molecule has 0 bridgehead atoms. The van der Waals surface area contributed by atoms with Crippen LogP contribution in [0.5, 0.6) is 0 Å². The minimum atomic E-state index is -7.38. The Kier molecular flexibility index (Phi) is 17.4. The Morgan fingerprint density at radius 2 is 0.554 bits per heavy atom. The van der Waals surface area contributed by atoms with Gasteiger partial charge in [-0.2, -0.15) is 79.0 Å². The molecule has 0 aromatic rings. The number of unbranched alkanes of at least 4 members (excludes halogenated alkanes) is 1. The third-order valence-electron chi connectivity index (χ3n) is 8.27. The molecule has 0 N–H and O–H groups in total. The molecule has 0 fully saturated rings. The van der Waals surface area contributed by atoms with Crippen molar-refractivity contribution in [2.75, 3.05) is 26.4 Å². The molecule has 0 radical (unpaired) electrons. The minimum Gasteiger partial charge on any atom is -0.465 e. The van der Waals surface area contributed by atoms with Gasteiger partial charge in [0.2, 0.25) is 0 Å². The summed E-state index contributed by atoms with van der Waals surface area (Å²) in [5.74, 6) is -49.6. The number of carbonyl (C=O) groups is 4. The Morgan fingerprint density at radius 3 is 0.732 bits per heavy atom. The van der Waals surface area contributed by atoms with Crippen molar-refractivity contribution in [1.29, 1.82) is 0 Å². The first-order valence-corrected chi connectivity index (χ1v) is 16.1. The Hall–Kier alpha value is -3.38. The van der Waals surface area contributed by atoms with Crippen LogP contribution in [0.15, 0.2) is 0 Å². The number of rotatable bonds is 23. The standard InChI is InChI=1S/C30H36F18O8/c1-5-53-17(49)21(18(50)54-6-2,13-15-23(31,32)25(35,36)27(39,40)29(43,44)45)11-9-10-12-22(19(51)55-7-3,20(52)56-8-4)14-16-24(33,34)26(37,38)28(41,42)30(46,47)48/h5-16H2,1-4H3. The summed E-state index contributed by atoms with van der Waals surface area (Å²) in [7, 11) is 0. The number of hydrogen-bond acceptors (Lipinski definition) is 8. The molecule has 56 heavy (non-hydrogen) atoms. The largest absolute Gasteiger partial charge is 0.465 e. The van der Waals surface area contributed by atoms with Crippen molar-refractivity contribution in [3.8, 4) is 0 Å². The molecule has 0 rings (SSSR count). The van der Waals surface area contributed by atoms with Crippen molar-refractivity contribution in [2.45, 2.75) is 127 Å². The summed E-state index contributed by atoms with van der Waals surface area (Å²) in [4.78, 5) is 52.1. The summed E-state index contributed by atoms with van der Waals surface area (Å²) in [6.45, 7) is 1.16. The van der Waals surface area contributed by atoms with E-state index in [1.165, 1.54) is 0 Å². The summed E-state index contributed by atoms with van der Waals surface area (Å²) in [6.07, 6.45) is -28.8. The van der Waals surface area contributed by atoms with Crippen molar-refractivity contribution in [3.63, 3.8) is 0 Å². The Bertz CT molecular complexity index is 1210. The predicted molar refractivity (Wildman–Crippen MR) is 150 cm³/mol. The predicted octanol–water partition coefficient (Wildman–Crippen LogP) is 9.27. The average molecular weight is 867 g/mol. The van der Waals surface area contributed by atoms with Gasteiger partial charge in [0.05, 0.1) is 26.4 Å². The second kappa shape index (κ2) is 18.5. The van der Waals surface area contributed by atoms with E-state index in [1.807, 2.05) is 0 Å². The quantitative estimate of drug-likeness (QED) is 0.0329. The van der Waals surface area contributed by atoms with E-state index in [4.69, 9.17) is 0 Å². The summed E-state index contributed by atoms with van der Waals surface area (Å²) in [6, 6.07) is 0. The number of alkyl halides is 18. The van der Waals surface area contributed by atoms with E-state index in [1.54, 1.807) is 0 Å². The average Bonchev–Trinajstić information content (AvgIpc) is 3.04. The van der Waals surface area contributed by atoms with Gasteiger partial charge in [0, 0.05) is 12.8 Å². The summed E-state index contributed by atoms with van der Waals surface area (Å²) < 4.78 is 263. The van der Waals surface area contributed by atoms with Gasteiger partial charge in [-0.25, -0.2) is 0 Å². The van der Waals surface area contributed by atoms with E-state index in [0.29, 0.717) is 0 Å². The van der Waals surface area contributed by atoms with Crippen molar-refractivity contribution in [2.24, 2.45) is 10.8 Å². The fraction of sp³-hybridized carbons (Fsp3) is 0.867. The van der Waals surface area contributed by atoms with Crippen LogP contribution in [-0.4, -0.2) is 98.2 Å². The first-order chi connectivity index (χ1) is 25.0. The van der Waals surface area contributed by atoms with Gasteiger partial charge in [-0.05, 0) is 53.4 Å². The van der Waals surface area contributed by atoms with Crippen LogP contribution in [0, 0.1) is 10.8 Å². The Balaban J connectivity index is 7.07. The zero-order valence-electron chi connectivity index (χ0n) is 29.6.